The predicted molar refractivity (Wildman–Crippen MR) is 79.2 cm³/mol. The zero-order valence-electron chi connectivity index (χ0n) is 12.5. The second kappa shape index (κ2) is 4.46. The first kappa shape index (κ1) is 12.6. The maximum Gasteiger partial charge on any atom is 0.0187 e. The lowest BCUT2D eigenvalue weighted by Gasteiger charge is -2.39. The smallest absolute Gasteiger partial charge is 0.0187 e. The first-order valence-corrected chi connectivity index (χ1v) is 8.68. The highest BCUT2D eigenvalue weighted by Gasteiger charge is 2.49. The highest BCUT2D eigenvalue weighted by Crippen LogP contribution is 2.53. The SMILES string of the molecule is CC1CCC2(CCCC(CC3CC4(CC4)CN3)C2)N1. The van der Waals surface area contributed by atoms with Crippen LogP contribution < -0.4 is 10.6 Å². The Kier molecular flexibility index (Phi) is 2.97. The summed E-state index contributed by atoms with van der Waals surface area (Å²) in [5, 5.41) is 7.76. The van der Waals surface area contributed by atoms with Crippen molar-refractivity contribution in [2.45, 2.75) is 88.8 Å². The Balaban J connectivity index is 1.34. The fourth-order valence-electron chi connectivity index (χ4n) is 5.36. The lowest BCUT2D eigenvalue weighted by Crippen LogP contribution is -2.46. The van der Waals surface area contributed by atoms with E-state index in [1.807, 2.05) is 0 Å². The summed E-state index contributed by atoms with van der Waals surface area (Å²) in [7, 11) is 0. The molecule has 4 aliphatic rings. The average molecular weight is 262 g/mol. The maximum absolute atomic E-state index is 3.93. The van der Waals surface area contributed by atoms with Gasteiger partial charge in [0.1, 0.15) is 0 Å². The highest BCUT2D eigenvalue weighted by atomic mass is 15.0. The molecule has 2 aliphatic heterocycles. The van der Waals surface area contributed by atoms with Gasteiger partial charge in [-0.1, -0.05) is 12.8 Å². The zero-order chi connectivity index (χ0) is 12.9. The molecule has 2 heterocycles. The lowest BCUT2D eigenvalue weighted by atomic mass is 9.73. The quantitative estimate of drug-likeness (QED) is 0.798. The number of rotatable bonds is 2. The predicted octanol–water partition coefficient (Wildman–Crippen LogP) is 3.22. The molecule has 0 amide bonds. The van der Waals surface area contributed by atoms with E-state index < -0.39 is 0 Å². The summed E-state index contributed by atoms with van der Waals surface area (Å²) in [6.45, 7) is 3.69. The van der Waals surface area contributed by atoms with Crippen molar-refractivity contribution in [1.29, 1.82) is 0 Å². The van der Waals surface area contributed by atoms with Gasteiger partial charge in [0, 0.05) is 24.2 Å². The first-order chi connectivity index (χ1) is 9.17. The van der Waals surface area contributed by atoms with Gasteiger partial charge in [-0.15, -0.1) is 0 Å². The van der Waals surface area contributed by atoms with Crippen LogP contribution in [-0.2, 0) is 0 Å². The fraction of sp³-hybridized carbons (Fsp3) is 1.00. The molecule has 4 unspecified atom stereocenters. The molecule has 0 aromatic heterocycles. The van der Waals surface area contributed by atoms with Crippen molar-refractivity contribution in [2.75, 3.05) is 6.54 Å². The summed E-state index contributed by atoms with van der Waals surface area (Å²) in [5.41, 5.74) is 1.31. The van der Waals surface area contributed by atoms with Crippen molar-refractivity contribution in [3.63, 3.8) is 0 Å². The third-order valence-electron chi connectivity index (χ3n) is 6.58. The summed E-state index contributed by atoms with van der Waals surface area (Å²) in [4.78, 5) is 0. The zero-order valence-corrected chi connectivity index (χ0v) is 12.5. The van der Waals surface area contributed by atoms with Gasteiger partial charge in [0.25, 0.3) is 0 Å². The van der Waals surface area contributed by atoms with E-state index in [-0.39, 0.29) is 0 Å². The molecular formula is C17H30N2. The standard InChI is InChI=1S/C17H30N2/c1-13-4-6-17(19-13)5-2-3-14(10-17)9-15-11-16(7-8-16)12-18-15/h13-15,18-19H,2-12H2,1H3. The summed E-state index contributed by atoms with van der Waals surface area (Å²) in [6, 6.07) is 1.61. The summed E-state index contributed by atoms with van der Waals surface area (Å²) in [5.74, 6) is 0.984. The van der Waals surface area contributed by atoms with E-state index in [1.54, 1.807) is 0 Å². The Hall–Kier alpha value is -0.0800. The van der Waals surface area contributed by atoms with Crippen molar-refractivity contribution in [1.82, 2.24) is 10.6 Å². The minimum atomic E-state index is 0.540. The first-order valence-electron chi connectivity index (χ1n) is 8.68. The molecule has 2 nitrogen and oxygen atoms in total. The van der Waals surface area contributed by atoms with Gasteiger partial charge >= 0.3 is 0 Å². The molecule has 2 spiro atoms. The molecule has 19 heavy (non-hydrogen) atoms. The second-order valence-corrected chi connectivity index (χ2v) is 8.34. The molecule has 4 rings (SSSR count). The van der Waals surface area contributed by atoms with Crippen LogP contribution in [0.25, 0.3) is 0 Å². The van der Waals surface area contributed by atoms with Crippen molar-refractivity contribution >= 4 is 0 Å². The summed E-state index contributed by atoms with van der Waals surface area (Å²) < 4.78 is 0. The van der Waals surface area contributed by atoms with Gasteiger partial charge in [-0.3, -0.25) is 0 Å². The van der Waals surface area contributed by atoms with Gasteiger partial charge in [-0.05, 0) is 69.6 Å². The van der Waals surface area contributed by atoms with E-state index in [4.69, 9.17) is 0 Å². The van der Waals surface area contributed by atoms with Crippen LogP contribution in [0.3, 0.4) is 0 Å². The van der Waals surface area contributed by atoms with Crippen LogP contribution in [0.5, 0.6) is 0 Å². The number of hydrogen-bond acceptors (Lipinski definition) is 2. The summed E-state index contributed by atoms with van der Waals surface area (Å²) in [6.07, 6.45) is 14.6. The minimum Gasteiger partial charge on any atom is -0.313 e. The normalized spacial score (nSPS) is 48.2. The Labute approximate surface area is 118 Å². The minimum absolute atomic E-state index is 0.540. The molecule has 4 fully saturated rings. The molecule has 2 heteroatoms. The van der Waals surface area contributed by atoms with Gasteiger partial charge in [0.2, 0.25) is 0 Å². The maximum atomic E-state index is 3.93. The Morgan fingerprint density at radius 3 is 2.63 bits per heavy atom. The molecule has 0 aromatic carbocycles. The van der Waals surface area contributed by atoms with E-state index in [1.165, 1.54) is 70.8 Å². The van der Waals surface area contributed by atoms with Crippen LogP contribution in [0, 0.1) is 11.3 Å². The fourth-order valence-corrected chi connectivity index (χ4v) is 5.36. The van der Waals surface area contributed by atoms with Crippen molar-refractivity contribution in [3.8, 4) is 0 Å². The van der Waals surface area contributed by atoms with Crippen LogP contribution >= 0.6 is 0 Å². The topological polar surface area (TPSA) is 24.1 Å². The molecule has 2 saturated carbocycles. The summed E-state index contributed by atoms with van der Waals surface area (Å²) >= 11 is 0. The largest absolute Gasteiger partial charge is 0.313 e. The van der Waals surface area contributed by atoms with Crippen LogP contribution in [0.2, 0.25) is 0 Å². The monoisotopic (exact) mass is 262 g/mol. The molecule has 2 N–H and O–H groups in total. The third kappa shape index (κ3) is 2.47. The van der Waals surface area contributed by atoms with E-state index in [0.717, 1.165) is 23.4 Å². The van der Waals surface area contributed by atoms with Crippen molar-refractivity contribution < 1.29 is 0 Å². The van der Waals surface area contributed by atoms with E-state index in [0.29, 0.717) is 5.54 Å². The molecule has 2 aliphatic carbocycles. The third-order valence-corrected chi connectivity index (χ3v) is 6.58. The van der Waals surface area contributed by atoms with E-state index >= 15 is 0 Å². The van der Waals surface area contributed by atoms with Crippen molar-refractivity contribution in [2.24, 2.45) is 11.3 Å². The van der Waals surface area contributed by atoms with Gasteiger partial charge < -0.3 is 10.6 Å². The van der Waals surface area contributed by atoms with Crippen LogP contribution in [0.4, 0.5) is 0 Å². The van der Waals surface area contributed by atoms with Crippen LogP contribution in [-0.4, -0.2) is 24.2 Å². The lowest BCUT2D eigenvalue weighted by molar-refractivity contribution is 0.179. The van der Waals surface area contributed by atoms with Gasteiger partial charge in [0.15, 0.2) is 0 Å². The average Bonchev–Trinajstić information content (AvgIpc) is 2.88. The molecule has 108 valence electrons. The van der Waals surface area contributed by atoms with Crippen LogP contribution in [0.1, 0.15) is 71.1 Å². The number of nitrogens with one attached hydrogen (secondary N) is 2. The molecule has 0 bridgehead atoms. The Morgan fingerprint density at radius 2 is 1.95 bits per heavy atom. The van der Waals surface area contributed by atoms with Gasteiger partial charge in [0.05, 0.1) is 0 Å². The Morgan fingerprint density at radius 1 is 1.05 bits per heavy atom. The number of hydrogen-bond donors (Lipinski definition) is 2. The second-order valence-electron chi connectivity index (χ2n) is 8.34. The van der Waals surface area contributed by atoms with Crippen molar-refractivity contribution in [3.05, 3.63) is 0 Å². The van der Waals surface area contributed by atoms with Gasteiger partial charge in [-0.25, -0.2) is 0 Å². The Bertz CT molecular complexity index is 345. The van der Waals surface area contributed by atoms with E-state index in [2.05, 4.69) is 17.6 Å². The molecule has 2 saturated heterocycles. The molecule has 0 aromatic rings. The van der Waals surface area contributed by atoms with Crippen LogP contribution in [0.15, 0.2) is 0 Å². The highest BCUT2D eigenvalue weighted by molar-refractivity contribution is 5.05. The van der Waals surface area contributed by atoms with E-state index in [9.17, 15) is 0 Å². The molecule has 4 atom stereocenters. The van der Waals surface area contributed by atoms with Gasteiger partial charge in [-0.2, -0.15) is 0 Å². The molecule has 0 radical (unpaired) electrons. The molecular weight excluding hydrogens is 232 g/mol.